The third-order valence-corrected chi connectivity index (χ3v) is 4.07. The van der Waals surface area contributed by atoms with Gasteiger partial charge in [-0.15, -0.1) is 12.4 Å². The van der Waals surface area contributed by atoms with Gasteiger partial charge in [0, 0.05) is 6.04 Å². The molecule has 0 radical (unpaired) electrons. The zero-order chi connectivity index (χ0) is 9.97. The van der Waals surface area contributed by atoms with E-state index in [-0.39, 0.29) is 12.4 Å². The van der Waals surface area contributed by atoms with Crippen molar-refractivity contribution in [2.24, 2.45) is 11.8 Å². The van der Waals surface area contributed by atoms with E-state index in [0.717, 1.165) is 17.9 Å². The van der Waals surface area contributed by atoms with Gasteiger partial charge < -0.3 is 10.2 Å². The summed E-state index contributed by atoms with van der Waals surface area (Å²) in [7, 11) is 0. The summed E-state index contributed by atoms with van der Waals surface area (Å²) in [6.07, 6.45) is 4.29. The maximum Gasteiger partial charge on any atom is 0.00385 e. The molecule has 2 fully saturated rings. The minimum atomic E-state index is 0. The molecule has 0 spiro atoms. The lowest BCUT2D eigenvalue weighted by Gasteiger charge is -2.36. The Balaban J connectivity index is 0.00000112. The Morgan fingerprint density at radius 3 is 2.20 bits per heavy atom. The van der Waals surface area contributed by atoms with Gasteiger partial charge in [-0.1, -0.05) is 0 Å². The fourth-order valence-electron chi connectivity index (χ4n) is 2.99. The highest BCUT2D eigenvalue weighted by molar-refractivity contribution is 5.85. The van der Waals surface area contributed by atoms with Gasteiger partial charge in [-0.3, -0.25) is 0 Å². The van der Waals surface area contributed by atoms with Crippen molar-refractivity contribution in [1.82, 2.24) is 10.2 Å². The van der Waals surface area contributed by atoms with Crippen LogP contribution in [0.1, 0.15) is 33.1 Å². The number of piperidine rings is 1. The zero-order valence-corrected chi connectivity index (χ0v) is 10.9. The Morgan fingerprint density at radius 1 is 1.07 bits per heavy atom. The highest BCUT2D eigenvalue weighted by atomic mass is 35.5. The largest absolute Gasteiger partial charge is 0.316 e. The van der Waals surface area contributed by atoms with E-state index in [1.165, 1.54) is 45.4 Å². The van der Waals surface area contributed by atoms with Gasteiger partial charge in [0.2, 0.25) is 0 Å². The van der Waals surface area contributed by atoms with Gasteiger partial charge in [0.25, 0.3) is 0 Å². The Hall–Kier alpha value is 0.210. The maximum atomic E-state index is 3.49. The molecule has 0 amide bonds. The third-order valence-electron chi connectivity index (χ3n) is 4.07. The van der Waals surface area contributed by atoms with Crippen molar-refractivity contribution in [1.29, 1.82) is 0 Å². The lowest BCUT2D eigenvalue weighted by Crippen LogP contribution is -2.40. The SMILES string of the molecule is CC(C)N1CCC(C2CCNC2)CC1.Cl. The van der Waals surface area contributed by atoms with Crippen LogP contribution in [0.2, 0.25) is 0 Å². The van der Waals surface area contributed by atoms with E-state index in [9.17, 15) is 0 Å². The van der Waals surface area contributed by atoms with E-state index in [4.69, 9.17) is 0 Å². The average molecular weight is 233 g/mol. The summed E-state index contributed by atoms with van der Waals surface area (Å²) in [5.74, 6) is 2.00. The summed E-state index contributed by atoms with van der Waals surface area (Å²) in [5, 5.41) is 3.49. The summed E-state index contributed by atoms with van der Waals surface area (Å²) in [5.41, 5.74) is 0. The molecule has 2 saturated heterocycles. The van der Waals surface area contributed by atoms with Crippen LogP contribution in [-0.4, -0.2) is 37.1 Å². The Kier molecular flexibility index (Phi) is 5.37. The van der Waals surface area contributed by atoms with Crippen LogP contribution in [-0.2, 0) is 0 Å². The molecule has 2 nitrogen and oxygen atoms in total. The van der Waals surface area contributed by atoms with E-state index < -0.39 is 0 Å². The molecular formula is C12H25ClN2. The lowest BCUT2D eigenvalue weighted by molar-refractivity contribution is 0.125. The quantitative estimate of drug-likeness (QED) is 0.785. The van der Waals surface area contributed by atoms with E-state index >= 15 is 0 Å². The van der Waals surface area contributed by atoms with E-state index in [1.54, 1.807) is 0 Å². The molecule has 0 aromatic rings. The zero-order valence-electron chi connectivity index (χ0n) is 10.0. The smallest absolute Gasteiger partial charge is 0.00385 e. The second kappa shape index (κ2) is 6.07. The van der Waals surface area contributed by atoms with E-state index in [2.05, 4.69) is 24.1 Å². The first-order valence-corrected chi connectivity index (χ1v) is 6.22. The second-order valence-corrected chi connectivity index (χ2v) is 5.22. The Labute approximate surface area is 100 Å². The number of halogens is 1. The number of hydrogen-bond donors (Lipinski definition) is 1. The van der Waals surface area contributed by atoms with Crippen molar-refractivity contribution in [2.45, 2.75) is 39.2 Å². The number of rotatable bonds is 2. The van der Waals surface area contributed by atoms with E-state index in [1.807, 2.05) is 0 Å². The average Bonchev–Trinajstić information content (AvgIpc) is 2.71. The van der Waals surface area contributed by atoms with Crippen molar-refractivity contribution in [3.8, 4) is 0 Å². The molecule has 2 rings (SSSR count). The molecule has 0 aromatic carbocycles. The van der Waals surface area contributed by atoms with Gasteiger partial charge in [-0.2, -0.15) is 0 Å². The fraction of sp³-hybridized carbons (Fsp3) is 1.00. The molecule has 0 saturated carbocycles. The monoisotopic (exact) mass is 232 g/mol. The van der Waals surface area contributed by atoms with E-state index in [0.29, 0.717) is 0 Å². The molecule has 0 aromatic heterocycles. The van der Waals surface area contributed by atoms with Crippen molar-refractivity contribution in [2.75, 3.05) is 26.2 Å². The number of nitrogens with one attached hydrogen (secondary N) is 1. The normalized spacial score (nSPS) is 29.4. The highest BCUT2D eigenvalue weighted by Crippen LogP contribution is 2.29. The van der Waals surface area contributed by atoms with Crippen LogP contribution in [0.4, 0.5) is 0 Å². The number of likely N-dealkylation sites (tertiary alicyclic amines) is 1. The second-order valence-electron chi connectivity index (χ2n) is 5.22. The van der Waals surface area contributed by atoms with Crippen molar-refractivity contribution in [3.63, 3.8) is 0 Å². The summed E-state index contributed by atoms with van der Waals surface area (Å²) in [6.45, 7) is 9.84. The molecule has 3 heteroatoms. The summed E-state index contributed by atoms with van der Waals surface area (Å²) >= 11 is 0. The van der Waals surface area contributed by atoms with Crippen LogP contribution in [0.25, 0.3) is 0 Å². The van der Waals surface area contributed by atoms with Crippen molar-refractivity contribution < 1.29 is 0 Å². The molecule has 90 valence electrons. The van der Waals surface area contributed by atoms with Crippen LogP contribution in [0.3, 0.4) is 0 Å². The number of hydrogen-bond acceptors (Lipinski definition) is 2. The minimum absolute atomic E-state index is 0. The van der Waals surface area contributed by atoms with Crippen LogP contribution in [0.15, 0.2) is 0 Å². The molecule has 2 aliphatic heterocycles. The lowest BCUT2D eigenvalue weighted by atomic mass is 9.83. The predicted octanol–water partition coefficient (Wildman–Crippen LogP) is 2.14. The molecular weight excluding hydrogens is 208 g/mol. The standard InChI is InChI=1S/C12H24N2.ClH/c1-10(2)14-7-4-11(5-8-14)12-3-6-13-9-12;/h10-13H,3-9H2,1-2H3;1H. The van der Waals surface area contributed by atoms with Gasteiger partial charge >= 0.3 is 0 Å². The molecule has 2 aliphatic rings. The maximum absolute atomic E-state index is 3.49. The first-order chi connectivity index (χ1) is 6.77. The van der Waals surface area contributed by atoms with Gasteiger partial charge in [-0.05, 0) is 71.1 Å². The topological polar surface area (TPSA) is 15.3 Å². The Bertz CT molecular complexity index is 170. The highest BCUT2D eigenvalue weighted by Gasteiger charge is 2.28. The molecule has 1 atom stereocenters. The molecule has 1 unspecified atom stereocenters. The molecule has 2 heterocycles. The van der Waals surface area contributed by atoms with Crippen LogP contribution < -0.4 is 5.32 Å². The van der Waals surface area contributed by atoms with Gasteiger partial charge in [0.1, 0.15) is 0 Å². The third kappa shape index (κ3) is 3.33. The van der Waals surface area contributed by atoms with Gasteiger partial charge in [0.15, 0.2) is 0 Å². The molecule has 0 bridgehead atoms. The van der Waals surface area contributed by atoms with Gasteiger partial charge in [-0.25, -0.2) is 0 Å². The van der Waals surface area contributed by atoms with Gasteiger partial charge in [0.05, 0.1) is 0 Å². The Morgan fingerprint density at radius 2 is 1.73 bits per heavy atom. The summed E-state index contributed by atoms with van der Waals surface area (Å²) < 4.78 is 0. The van der Waals surface area contributed by atoms with Crippen LogP contribution >= 0.6 is 12.4 Å². The summed E-state index contributed by atoms with van der Waals surface area (Å²) in [6, 6.07) is 0.748. The summed E-state index contributed by atoms with van der Waals surface area (Å²) in [4.78, 5) is 2.62. The molecule has 0 aliphatic carbocycles. The first-order valence-electron chi connectivity index (χ1n) is 6.22. The molecule has 1 N–H and O–H groups in total. The first kappa shape index (κ1) is 13.3. The predicted molar refractivity (Wildman–Crippen MR) is 67.7 cm³/mol. The van der Waals surface area contributed by atoms with Crippen molar-refractivity contribution >= 4 is 12.4 Å². The molecule has 15 heavy (non-hydrogen) atoms. The van der Waals surface area contributed by atoms with Crippen LogP contribution in [0.5, 0.6) is 0 Å². The number of nitrogens with zero attached hydrogens (tertiary/aromatic N) is 1. The van der Waals surface area contributed by atoms with Crippen molar-refractivity contribution in [3.05, 3.63) is 0 Å². The fourth-order valence-corrected chi connectivity index (χ4v) is 2.99. The van der Waals surface area contributed by atoms with Crippen LogP contribution in [0, 0.1) is 11.8 Å². The minimum Gasteiger partial charge on any atom is -0.316 e.